The van der Waals surface area contributed by atoms with Crippen molar-refractivity contribution < 1.29 is 10.2 Å². The Bertz CT molecular complexity index is 616. The Balaban J connectivity index is 0.00000161. The number of phenols is 2. The van der Waals surface area contributed by atoms with Gasteiger partial charge < -0.3 is 15.1 Å². The van der Waals surface area contributed by atoms with Crippen LogP contribution in [-0.4, -0.2) is 35.3 Å². The molecule has 0 radical (unpaired) electrons. The van der Waals surface area contributed by atoms with Gasteiger partial charge in [0.25, 0.3) is 0 Å². The highest BCUT2D eigenvalue weighted by molar-refractivity contribution is 8.93. The van der Waals surface area contributed by atoms with E-state index in [1.54, 1.807) is 12.1 Å². The predicted molar refractivity (Wildman–Crippen MR) is 89.6 cm³/mol. The summed E-state index contributed by atoms with van der Waals surface area (Å²) in [5.74, 6) is 0.166. The second kappa shape index (κ2) is 6.50. The monoisotopic (exact) mass is 349 g/mol. The largest absolute Gasteiger partial charge is 0.504 e. The van der Waals surface area contributed by atoms with Crippen LogP contribution in [-0.2, 0) is 6.42 Å². The lowest BCUT2D eigenvalue weighted by Crippen LogP contribution is -2.24. The van der Waals surface area contributed by atoms with E-state index in [1.807, 2.05) is 18.2 Å². The molecule has 1 unspecified atom stereocenters. The first-order valence-corrected chi connectivity index (χ1v) is 6.93. The van der Waals surface area contributed by atoms with E-state index in [0.29, 0.717) is 0 Å². The van der Waals surface area contributed by atoms with Crippen LogP contribution in [0.1, 0.15) is 22.6 Å². The summed E-state index contributed by atoms with van der Waals surface area (Å²) in [4.78, 5) is 2.30. The van der Waals surface area contributed by atoms with Gasteiger partial charge in [-0.05, 0) is 42.3 Å². The van der Waals surface area contributed by atoms with Crippen LogP contribution in [0.3, 0.4) is 0 Å². The van der Waals surface area contributed by atoms with Crippen molar-refractivity contribution in [3.63, 3.8) is 0 Å². The van der Waals surface area contributed by atoms with Gasteiger partial charge in [-0.2, -0.15) is 0 Å². The fourth-order valence-electron chi connectivity index (χ4n) is 2.96. The van der Waals surface area contributed by atoms with E-state index in [4.69, 9.17) is 0 Å². The van der Waals surface area contributed by atoms with Crippen molar-refractivity contribution in [2.24, 2.45) is 0 Å². The van der Waals surface area contributed by atoms with E-state index >= 15 is 0 Å². The lowest BCUT2D eigenvalue weighted by Gasteiger charge is -2.22. The summed E-state index contributed by atoms with van der Waals surface area (Å²) >= 11 is 0. The average Bonchev–Trinajstić information content (AvgIpc) is 2.61. The van der Waals surface area contributed by atoms with Gasteiger partial charge in [0, 0.05) is 19.0 Å². The molecule has 0 spiro atoms. The number of nitrogens with zero attached hydrogens (tertiary/aromatic N) is 1. The zero-order valence-electron chi connectivity index (χ0n) is 12.0. The number of likely N-dealkylation sites (N-methyl/N-ethyl adjacent to an activating group) is 1. The van der Waals surface area contributed by atoms with E-state index < -0.39 is 0 Å². The van der Waals surface area contributed by atoms with Gasteiger partial charge in [0.2, 0.25) is 0 Å². The minimum Gasteiger partial charge on any atom is -0.504 e. The van der Waals surface area contributed by atoms with Crippen molar-refractivity contribution in [3.8, 4) is 11.5 Å². The molecule has 0 saturated carbocycles. The predicted octanol–water partition coefficient (Wildman–Crippen LogP) is 3.30. The molecule has 112 valence electrons. The van der Waals surface area contributed by atoms with Crippen molar-refractivity contribution in [2.45, 2.75) is 12.3 Å². The lowest BCUT2D eigenvalue weighted by molar-refractivity contribution is 0.338. The molecule has 1 atom stereocenters. The maximum atomic E-state index is 9.83. The van der Waals surface area contributed by atoms with Crippen LogP contribution in [0.2, 0.25) is 0 Å². The number of rotatable bonds is 1. The molecule has 1 aliphatic rings. The van der Waals surface area contributed by atoms with Gasteiger partial charge in [-0.25, -0.2) is 0 Å². The topological polar surface area (TPSA) is 43.7 Å². The van der Waals surface area contributed by atoms with Crippen LogP contribution < -0.4 is 0 Å². The van der Waals surface area contributed by atoms with Crippen LogP contribution in [0.25, 0.3) is 0 Å². The van der Waals surface area contributed by atoms with E-state index in [-0.39, 0.29) is 34.4 Å². The number of fused-ring (bicyclic) bond motifs is 1. The molecule has 3 rings (SSSR count). The number of hydrogen-bond donors (Lipinski definition) is 2. The fourth-order valence-corrected chi connectivity index (χ4v) is 2.96. The molecule has 0 fully saturated rings. The third-order valence-corrected chi connectivity index (χ3v) is 4.07. The molecule has 0 aromatic heterocycles. The van der Waals surface area contributed by atoms with E-state index in [1.165, 1.54) is 5.56 Å². The van der Waals surface area contributed by atoms with Crippen LogP contribution in [0, 0.1) is 0 Å². The highest BCUT2D eigenvalue weighted by Crippen LogP contribution is 2.37. The third kappa shape index (κ3) is 3.22. The van der Waals surface area contributed by atoms with E-state index in [2.05, 4.69) is 24.1 Å². The average molecular weight is 350 g/mol. The van der Waals surface area contributed by atoms with Crippen molar-refractivity contribution in [1.29, 1.82) is 0 Å². The van der Waals surface area contributed by atoms with E-state index in [0.717, 1.165) is 30.6 Å². The van der Waals surface area contributed by atoms with Crippen molar-refractivity contribution in [1.82, 2.24) is 4.90 Å². The molecule has 0 saturated heterocycles. The van der Waals surface area contributed by atoms with Gasteiger partial charge in [-0.1, -0.05) is 30.3 Å². The van der Waals surface area contributed by atoms with Gasteiger partial charge in [0.15, 0.2) is 11.5 Å². The summed E-state index contributed by atoms with van der Waals surface area (Å²) in [5.41, 5.74) is 3.49. The molecule has 2 aromatic carbocycles. The summed E-state index contributed by atoms with van der Waals surface area (Å²) in [7, 11) is 2.11. The smallest absolute Gasteiger partial charge is 0.157 e. The van der Waals surface area contributed by atoms with Crippen molar-refractivity contribution in [3.05, 3.63) is 59.2 Å². The van der Waals surface area contributed by atoms with Gasteiger partial charge in [-0.3, -0.25) is 0 Å². The molecule has 2 N–H and O–H groups in total. The quantitative estimate of drug-likeness (QED) is 0.776. The van der Waals surface area contributed by atoms with Crippen LogP contribution >= 0.6 is 17.0 Å². The molecule has 2 aromatic rings. The Labute approximate surface area is 135 Å². The molecule has 1 aliphatic heterocycles. The number of halogens is 1. The molecule has 0 amide bonds. The number of phenolic OH excluding ortho intramolecular Hbond substituents is 2. The SMILES string of the molecule is Br.CN1CCc2cc(O)c(O)cc2C(c2ccccc2)C1. The Morgan fingerprint density at radius 2 is 1.71 bits per heavy atom. The third-order valence-electron chi connectivity index (χ3n) is 4.07. The van der Waals surface area contributed by atoms with Crippen molar-refractivity contribution >= 4 is 17.0 Å². The summed E-state index contributed by atoms with van der Waals surface area (Å²) in [6, 6.07) is 13.8. The zero-order chi connectivity index (χ0) is 14.1. The van der Waals surface area contributed by atoms with Gasteiger partial charge in [0.05, 0.1) is 0 Å². The van der Waals surface area contributed by atoms with Gasteiger partial charge in [-0.15, -0.1) is 17.0 Å². The first-order valence-electron chi connectivity index (χ1n) is 6.93. The lowest BCUT2D eigenvalue weighted by atomic mass is 9.87. The number of aromatic hydroxyl groups is 2. The Morgan fingerprint density at radius 1 is 1.05 bits per heavy atom. The van der Waals surface area contributed by atoms with Gasteiger partial charge >= 0.3 is 0 Å². The highest BCUT2D eigenvalue weighted by Gasteiger charge is 2.24. The minimum atomic E-state index is -0.0331. The maximum absolute atomic E-state index is 9.83. The number of benzene rings is 2. The maximum Gasteiger partial charge on any atom is 0.157 e. The van der Waals surface area contributed by atoms with Crippen LogP contribution in [0.4, 0.5) is 0 Å². The molecular formula is C17H20BrNO2. The van der Waals surface area contributed by atoms with E-state index in [9.17, 15) is 10.2 Å². The molecule has 1 heterocycles. The molecule has 0 bridgehead atoms. The highest BCUT2D eigenvalue weighted by atomic mass is 79.9. The summed E-state index contributed by atoms with van der Waals surface area (Å²) in [6.45, 7) is 1.88. The van der Waals surface area contributed by atoms with Crippen molar-refractivity contribution in [2.75, 3.05) is 20.1 Å². The molecule has 0 aliphatic carbocycles. The molecule has 21 heavy (non-hydrogen) atoms. The summed E-state index contributed by atoms with van der Waals surface area (Å²) < 4.78 is 0. The number of hydrogen-bond acceptors (Lipinski definition) is 3. The Morgan fingerprint density at radius 3 is 2.43 bits per heavy atom. The Kier molecular flexibility index (Phi) is 4.91. The summed E-state index contributed by atoms with van der Waals surface area (Å²) in [5, 5.41) is 19.6. The first-order chi connectivity index (χ1) is 9.65. The first kappa shape index (κ1) is 15.9. The van der Waals surface area contributed by atoms with Gasteiger partial charge in [0.1, 0.15) is 0 Å². The normalized spacial score (nSPS) is 18.4. The summed E-state index contributed by atoms with van der Waals surface area (Å²) in [6.07, 6.45) is 0.892. The second-order valence-corrected chi connectivity index (χ2v) is 5.52. The molecule has 3 nitrogen and oxygen atoms in total. The fraction of sp³-hybridized carbons (Fsp3) is 0.294. The standard InChI is InChI=1S/C17H19NO2.BrH/c1-18-8-7-13-9-16(19)17(20)10-14(13)15(11-18)12-5-3-2-4-6-12;/h2-6,9-10,15,19-20H,7-8,11H2,1H3;1H. The van der Waals surface area contributed by atoms with Crippen LogP contribution in [0.5, 0.6) is 11.5 Å². The molecular weight excluding hydrogens is 330 g/mol. The zero-order valence-corrected chi connectivity index (χ0v) is 13.7. The second-order valence-electron chi connectivity index (χ2n) is 5.52. The van der Waals surface area contributed by atoms with Crippen LogP contribution in [0.15, 0.2) is 42.5 Å². The molecule has 4 heteroatoms. The minimum absolute atomic E-state index is 0. The Hall–Kier alpha value is -1.52.